The summed E-state index contributed by atoms with van der Waals surface area (Å²) >= 11 is 31.0. The summed E-state index contributed by atoms with van der Waals surface area (Å²) < 4.78 is 25.9. The Hall–Kier alpha value is -2.09. The molecule has 3 rings (SSSR count). The zero-order valence-electron chi connectivity index (χ0n) is 17.9. The Labute approximate surface area is 225 Å². The number of anilines is 2. The van der Waals surface area contributed by atoms with Crippen LogP contribution >= 0.6 is 58.0 Å². The molecule has 2 atom stereocenters. The molecule has 35 heavy (non-hydrogen) atoms. The molecule has 2 aromatic carbocycles. The predicted octanol–water partition coefficient (Wildman–Crippen LogP) is 8.39. The summed E-state index contributed by atoms with van der Waals surface area (Å²) in [4.78, 5) is 25.2. The van der Waals surface area contributed by atoms with E-state index in [-0.39, 0.29) is 16.4 Å². The number of carbonyl (C=O) groups excluding carboxylic acids is 2. The summed E-state index contributed by atoms with van der Waals surface area (Å²) in [5.41, 5.74) is 0.323. The van der Waals surface area contributed by atoms with Crippen molar-refractivity contribution in [2.75, 3.05) is 10.6 Å². The standard InChI is InChI=1S/C24H17Cl5F2N2O2/c1-3-15(30)9-18(31)11(2)22(34)33-19-10-16(4-5-17(19)27)32-23(35)21-20(24(21,28)29)12-6-13(25)8-14(26)7-12/h3-10,20-21H,2H2,1H3,(H,32,35)(H,33,34)/b15-3+,18-9+. The van der Waals surface area contributed by atoms with Crippen molar-refractivity contribution in [1.82, 2.24) is 0 Å². The minimum Gasteiger partial charge on any atom is -0.326 e. The number of carbonyl (C=O) groups is 2. The van der Waals surface area contributed by atoms with Crippen LogP contribution in [0.3, 0.4) is 0 Å². The smallest absolute Gasteiger partial charge is 0.258 e. The first-order chi connectivity index (χ1) is 16.3. The maximum absolute atomic E-state index is 14.0. The number of allylic oxidation sites excluding steroid dienone is 3. The van der Waals surface area contributed by atoms with Crippen molar-refractivity contribution in [2.45, 2.75) is 17.2 Å². The Balaban J connectivity index is 1.74. The Morgan fingerprint density at radius 1 is 1.03 bits per heavy atom. The van der Waals surface area contributed by atoms with E-state index in [0.29, 0.717) is 21.7 Å². The molecule has 11 heteroatoms. The molecule has 1 saturated carbocycles. The van der Waals surface area contributed by atoms with Gasteiger partial charge in [-0.05, 0) is 48.9 Å². The normalized spacial score (nSPS) is 19.2. The SMILES string of the molecule is C=C(C(=O)Nc1cc(NC(=O)C2C(c3cc(Cl)cc(Cl)c3)C2(Cl)Cl)ccc1Cl)/C(F)=C\C(F)=C/C. The van der Waals surface area contributed by atoms with Gasteiger partial charge < -0.3 is 10.6 Å². The van der Waals surface area contributed by atoms with Crippen LogP contribution in [0.5, 0.6) is 0 Å². The van der Waals surface area contributed by atoms with E-state index in [2.05, 4.69) is 17.2 Å². The summed E-state index contributed by atoms with van der Waals surface area (Å²) in [6, 6.07) is 9.07. The number of nitrogens with one attached hydrogen (secondary N) is 2. The maximum Gasteiger partial charge on any atom is 0.258 e. The first-order valence-electron chi connectivity index (χ1n) is 9.99. The Morgan fingerprint density at radius 2 is 1.66 bits per heavy atom. The Morgan fingerprint density at radius 3 is 2.26 bits per heavy atom. The van der Waals surface area contributed by atoms with Crippen molar-refractivity contribution < 1.29 is 18.4 Å². The molecule has 0 aromatic heterocycles. The van der Waals surface area contributed by atoms with Gasteiger partial charge in [0.05, 0.1) is 22.2 Å². The molecule has 2 unspecified atom stereocenters. The second-order valence-corrected chi connectivity index (χ2v) is 10.3. The molecular weight excluding hydrogens is 564 g/mol. The van der Waals surface area contributed by atoms with Crippen LogP contribution < -0.4 is 10.6 Å². The third-order valence-electron chi connectivity index (χ3n) is 5.16. The molecule has 4 nitrogen and oxygen atoms in total. The van der Waals surface area contributed by atoms with Crippen molar-refractivity contribution >= 4 is 81.2 Å². The van der Waals surface area contributed by atoms with Gasteiger partial charge in [0, 0.05) is 27.7 Å². The highest BCUT2D eigenvalue weighted by Crippen LogP contribution is 2.65. The lowest BCUT2D eigenvalue weighted by Crippen LogP contribution is -2.18. The maximum atomic E-state index is 14.0. The second kappa shape index (κ2) is 10.9. The van der Waals surface area contributed by atoms with Gasteiger partial charge in [-0.15, -0.1) is 23.2 Å². The number of halogens is 7. The monoisotopic (exact) mass is 578 g/mol. The van der Waals surface area contributed by atoms with Crippen molar-refractivity contribution in [3.63, 3.8) is 0 Å². The van der Waals surface area contributed by atoms with E-state index >= 15 is 0 Å². The van der Waals surface area contributed by atoms with Crippen LogP contribution in [-0.4, -0.2) is 16.1 Å². The molecule has 0 heterocycles. The molecule has 2 amide bonds. The molecule has 1 aliphatic rings. The number of hydrogen-bond donors (Lipinski definition) is 2. The van der Waals surface area contributed by atoms with E-state index in [4.69, 9.17) is 58.0 Å². The summed E-state index contributed by atoms with van der Waals surface area (Å²) in [5, 5.41) is 5.90. The van der Waals surface area contributed by atoms with Crippen LogP contribution in [0.25, 0.3) is 0 Å². The number of benzene rings is 2. The van der Waals surface area contributed by atoms with Crippen LogP contribution in [0.1, 0.15) is 18.4 Å². The Kier molecular flexibility index (Phi) is 8.56. The fourth-order valence-corrected chi connectivity index (χ4v) is 4.87. The Bertz CT molecular complexity index is 1260. The van der Waals surface area contributed by atoms with Gasteiger partial charge in [0.15, 0.2) is 0 Å². The number of alkyl halides is 2. The average Bonchev–Trinajstić information content (AvgIpc) is 3.36. The lowest BCUT2D eigenvalue weighted by Gasteiger charge is -2.11. The van der Waals surface area contributed by atoms with Gasteiger partial charge in [0.25, 0.3) is 5.91 Å². The lowest BCUT2D eigenvalue weighted by molar-refractivity contribution is -0.117. The molecule has 0 radical (unpaired) electrons. The molecule has 1 aliphatic carbocycles. The molecule has 0 spiro atoms. The molecule has 0 saturated heterocycles. The van der Waals surface area contributed by atoms with Gasteiger partial charge in [-0.2, -0.15) is 0 Å². The highest BCUT2D eigenvalue weighted by atomic mass is 35.5. The molecule has 2 N–H and O–H groups in total. The summed E-state index contributed by atoms with van der Waals surface area (Å²) in [5.74, 6) is -4.82. The zero-order valence-corrected chi connectivity index (χ0v) is 21.7. The minimum atomic E-state index is -1.38. The molecule has 0 bridgehead atoms. The molecule has 0 aliphatic heterocycles. The molecule has 2 aromatic rings. The highest BCUT2D eigenvalue weighted by Gasteiger charge is 2.67. The van der Waals surface area contributed by atoms with Gasteiger partial charge in [0.1, 0.15) is 16.0 Å². The van der Waals surface area contributed by atoms with Gasteiger partial charge in [-0.1, -0.05) is 47.5 Å². The van der Waals surface area contributed by atoms with Crippen molar-refractivity contribution in [2.24, 2.45) is 5.92 Å². The van der Waals surface area contributed by atoms with Crippen LogP contribution in [0.15, 0.2) is 72.4 Å². The summed E-state index contributed by atoms with van der Waals surface area (Å²) in [7, 11) is 0. The van der Waals surface area contributed by atoms with Crippen LogP contribution in [0, 0.1) is 5.92 Å². The zero-order chi connectivity index (χ0) is 26.1. The van der Waals surface area contributed by atoms with Crippen LogP contribution in [-0.2, 0) is 9.59 Å². The number of rotatable bonds is 7. The number of amides is 2. The molecular formula is C24H17Cl5F2N2O2. The lowest BCUT2D eigenvalue weighted by atomic mass is 10.1. The third kappa shape index (κ3) is 6.38. The fourth-order valence-electron chi connectivity index (χ4n) is 3.34. The summed E-state index contributed by atoms with van der Waals surface area (Å²) in [6.07, 6.45) is 1.56. The van der Waals surface area contributed by atoms with Gasteiger partial charge in [-0.3, -0.25) is 9.59 Å². The minimum absolute atomic E-state index is 0.0619. The van der Waals surface area contributed by atoms with Crippen molar-refractivity contribution in [1.29, 1.82) is 0 Å². The van der Waals surface area contributed by atoms with Crippen molar-refractivity contribution in [3.05, 3.63) is 93.0 Å². The highest BCUT2D eigenvalue weighted by molar-refractivity contribution is 6.53. The average molecular weight is 581 g/mol. The van der Waals surface area contributed by atoms with Crippen LogP contribution in [0.2, 0.25) is 15.1 Å². The second-order valence-electron chi connectivity index (χ2n) is 7.62. The molecule has 1 fully saturated rings. The fraction of sp³-hybridized carbons (Fsp3) is 0.167. The summed E-state index contributed by atoms with van der Waals surface area (Å²) in [6.45, 7) is 4.69. The molecule has 184 valence electrons. The predicted molar refractivity (Wildman–Crippen MR) is 139 cm³/mol. The third-order valence-corrected chi connectivity index (χ3v) is 6.87. The van der Waals surface area contributed by atoms with Gasteiger partial charge in [-0.25, -0.2) is 8.78 Å². The van der Waals surface area contributed by atoms with E-state index in [0.717, 1.165) is 6.08 Å². The van der Waals surface area contributed by atoms with E-state index < -0.39 is 45.2 Å². The van der Waals surface area contributed by atoms with Gasteiger partial charge in [0.2, 0.25) is 5.91 Å². The van der Waals surface area contributed by atoms with E-state index in [1.54, 1.807) is 18.2 Å². The van der Waals surface area contributed by atoms with E-state index in [1.807, 2.05) is 0 Å². The van der Waals surface area contributed by atoms with E-state index in [1.165, 1.54) is 25.1 Å². The van der Waals surface area contributed by atoms with Crippen LogP contribution in [0.4, 0.5) is 20.2 Å². The largest absolute Gasteiger partial charge is 0.326 e. The number of hydrogen-bond acceptors (Lipinski definition) is 2. The first-order valence-corrected chi connectivity index (χ1v) is 11.9. The van der Waals surface area contributed by atoms with Gasteiger partial charge >= 0.3 is 0 Å². The van der Waals surface area contributed by atoms with E-state index in [9.17, 15) is 18.4 Å². The first kappa shape index (κ1) is 27.5. The topological polar surface area (TPSA) is 58.2 Å². The van der Waals surface area contributed by atoms with Crippen molar-refractivity contribution in [3.8, 4) is 0 Å². The quantitative estimate of drug-likeness (QED) is 0.196.